The van der Waals surface area contributed by atoms with Crippen molar-refractivity contribution in [2.75, 3.05) is 0 Å². The molecule has 0 aliphatic rings. The summed E-state index contributed by atoms with van der Waals surface area (Å²) in [5.41, 5.74) is 0.933. The molecule has 0 saturated heterocycles. The molecule has 0 radical (unpaired) electrons. The molecule has 0 fully saturated rings. The van der Waals surface area contributed by atoms with Crippen LogP contribution in [0.3, 0.4) is 0 Å². The molecule has 0 bridgehead atoms. The van der Waals surface area contributed by atoms with E-state index in [4.69, 9.17) is 12.2 Å². The van der Waals surface area contributed by atoms with Crippen molar-refractivity contribution in [1.82, 2.24) is 14.9 Å². The molecular formula is C16H21N3O2S. The average Bonchev–Trinajstić information content (AvgIpc) is 2.49. The number of benzene rings is 1. The van der Waals surface area contributed by atoms with Gasteiger partial charge in [-0.25, -0.2) is 0 Å². The van der Waals surface area contributed by atoms with Crippen LogP contribution in [0.1, 0.15) is 37.6 Å². The van der Waals surface area contributed by atoms with Gasteiger partial charge in [-0.3, -0.25) is 14.2 Å². The molecule has 1 heterocycles. The number of hydrogen-bond acceptors (Lipinski definition) is 3. The number of amides is 1. The van der Waals surface area contributed by atoms with Crippen LogP contribution >= 0.6 is 12.2 Å². The van der Waals surface area contributed by atoms with Crippen LogP contribution in [0.15, 0.2) is 23.0 Å². The molecule has 1 aromatic heterocycles. The summed E-state index contributed by atoms with van der Waals surface area (Å²) in [4.78, 5) is 27.5. The average molecular weight is 319 g/mol. The van der Waals surface area contributed by atoms with Gasteiger partial charge in [0.25, 0.3) is 11.5 Å². The second-order valence-electron chi connectivity index (χ2n) is 5.79. The molecule has 5 nitrogen and oxygen atoms in total. The van der Waals surface area contributed by atoms with E-state index >= 15 is 0 Å². The van der Waals surface area contributed by atoms with Crippen molar-refractivity contribution < 1.29 is 4.79 Å². The van der Waals surface area contributed by atoms with Crippen molar-refractivity contribution in [2.24, 2.45) is 13.0 Å². The number of aromatic nitrogens is 2. The maximum atomic E-state index is 12.4. The van der Waals surface area contributed by atoms with Gasteiger partial charge in [0.15, 0.2) is 4.77 Å². The van der Waals surface area contributed by atoms with Gasteiger partial charge in [0.05, 0.1) is 10.9 Å². The van der Waals surface area contributed by atoms with Crippen molar-refractivity contribution >= 4 is 29.0 Å². The first-order valence-electron chi connectivity index (χ1n) is 7.39. The first kappa shape index (κ1) is 16.4. The molecule has 2 aromatic rings. The van der Waals surface area contributed by atoms with Crippen LogP contribution in [-0.2, 0) is 7.05 Å². The molecule has 0 saturated carbocycles. The van der Waals surface area contributed by atoms with Crippen molar-refractivity contribution in [2.45, 2.75) is 33.2 Å². The Hall–Kier alpha value is -1.95. The van der Waals surface area contributed by atoms with Crippen LogP contribution in [0.4, 0.5) is 0 Å². The van der Waals surface area contributed by atoms with E-state index in [9.17, 15) is 9.59 Å². The number of H-pyrrole nitrogens is 1. The largest absolute Gasteiger partial charge is 0.349 e. The van der Waals surface area contributed by atoms with E-state index in [1.165, 1.54) is 4.57 Å². The fourth-order valence-electron chi connectivity index (χ4n) is 2.44. The number of rotatable bonds is 4. The highest BCUT2D eigenvalue weighted by Gasteiger charge is 2.16. The van der Waals surface area contributed by atoms with Crippen LogP contribution in [0.25, 0.3) is 10.9 Å². The minimum absolute atomic E-state index is 0.130. The van der Waals surface area contributed by atoms with E-state index < -0.39 is 0 Å². The van der Waals surface area contributed by atoms with E-state index in [2.05, 4.69) is 24.1 Å². The van der Waals surface area contributed by atoms with Gasteiger partial charge in [0.2, 0.25) is 0 Å². The summed E-state index contributed by atoms with van der Waals surface area (Å²) in [7, 11) is 1.62. The van der Waals surface area contributed by atoms with E-state index in [1.54, 1.807) is 25.2 Å². The Bertz CT molecular complexity index is 820. The van der Waals surface area contributed by atoms with E-state index in [0.717, 1.165) is 6.42 Å². The van der Waals surface area contributed by atoms with Gasteiger partial charge in [-0.2, -0.15) is 0 Å². The minimum Gasteiger partial charge on any atom is -0.349 e. The lowest BCUT2D eigenvalue weighted by Gasteiger charge is -2.20. The summed E-state index contributed by atoms with van der Waals surface area (Å²) in [6.07, 6.45) is 0.875. The summed E-state index contributed by atoms with van der Waals surface area (Å²) >= 11 is 5.11. The van der Waals surface area contributed by atoms with E-state index in [1.807, 2.05) is 6.92 Å². The molecular weight excluding hydrogens is 298 g/mol. The maximum absolute atomic E-state index is 12.4. The third-order valence-electron chi connectivity index (χ3n) is 3.92. The lowest BCUT2D eigenvalue weighted by Crippen LogP contribution is -2.38. The molecule has 2 rings (SSSR count). The molecule has 0 spiro atoms. The molecule has 6 heteroatoms. The third-order valence-corrected chi connectivity index (χ3v) is 4.30. The first-order valence-corrected chi connectivity index (χ1v) is 7.80. The smallest absolute Gasteiger partial charge is 0.261 e. The SMILES string of the molecule is CCC(NC(=O)c1ccc2c(=O)n(C)c(=S)[nH]c2c1)C(C)C. The molecule has 118 valence electrons. The van der Waals surface area contributed by atoms with Crippen LogP contribution in [0.2, 0.25) is 0 Å². The number of nitrogens with one attached hydrogen (secondary N) is 2. The molecule has 1 unspecified atom stereocenters. The van der Waals surface area contributed by atoms with Crippen LogP contribution < -0.4 is 10.9 Å². The molecule has 22 heavy (non-hydrogen) atoms. The summed E-state index contributed by atoms with van der Waals surface area (Å²) in [6, 6.07) is 5.14. The quantitative estimate of drug-likeness (QED) is 0.852. The third kappa shape index (κ3) is 3.11. The zero-order chi connectivity index (χ0) is 16.4. The predicted octanol–water partition coefficient (Wildman–Crippen LogP) is 2.76. The lowest BCUT2D eigenvalue weighted by molar-refractivity contribution is 0.0924. The van der Waals surface area contributed by atoms with Crippen molar-refractivity contribution in [1.29, 1.82) is 0 Å². The molecule has 1 amide bonds. The van der Waals surface area contributed by atoms with Gasteiger partial charge in [-0.1, -0.05) is 20.8 Å². The van der Waals surface area contributed by atoms with Crippen LogP contribution in [0, 0.1) is 10.7 Å². The second-order valence-corrected chi connectivity index (χ2v) is 6.17. The number of carbonyl (C=O) groups is 1. The van der Waals surface area contributed by atoms with Crippen LogP contribution in [0.5, 0.6) is 0 Å². The molecule has 2 N–H and O–H groups in total. The molecule has 1 aromatic carbocycles. The summed E-state index contributed by atoms with van der Waals surface area (Å²) in [5, 5.41) is 3.54. The minimum atomic E-state index is -0.167. The Labute approximate surface area is 134 Å². The summed E-state index contributed by atoms with van der Waals surface area (Å²) in [6.45, 7) is 6.21. The maximum Gasteiger partial charge on any atom is 0.261 e. The Kier molecular flexibility index (Phi) is 4.81. The van der Waals surface area contributed by atoms with Gasteiger partial charge >= 0.3 is 0 Å². The number of fused-ring (bicyclic) bond motifs is 1. The van der Waals surface area contributed by atoms with Crippen LogP contribution in [-0.4, -0.2) is 21.5 Å². The Morgan fingerprint density at radius 2 is 2.09 bits per heavy atom. The van der Waals surface area contributed by atoms with Gasteiger partial charge in [-0.15, -0.1) is 0 Å². The Balaban J connectivity index is 2.42. The standard InChI is InChI=1S/C16H21N3O2S/c1-5-12(9(2)3)17-14(20)10-6-7-11-13(8-10)18-16(22)19(4)15(11)21/h6-9,12H,5H2,1-4H3,(H,17,20)(H,18,22). The topological polar surface area (TPSA) is 66.9 Å². The van der Waals surface area contributed by atoms with Gasteiger partial charge in [0.1, 0.15) is 0 Å². The first-order chi connectivity index (χ1) is 10.3. The normalized spacial score (nSPS) is 12.6. The second kappa shape index (κ2) is 6.44. The molecule has 0 aliphatic carbocycles. The number of hydrogen-bond donors (Lipinski definition) is 2. The number of aromatic amines is 1. The van der Waals surface area contributed by atoms with Crippen molar-refractivity contribution in [3.63, 3.8) is 0 Å². The van der Waals surface area contributed by atoms with E-state index in [-0.39, 0.29) is 17.5 Å². The summed E-state index contributed by atoms with van der Waals surface area (Å²) in [5.74, 6) is 0.231. The highest BCUT2D eigenvalue weighted by atomic mass is 32.1. The predicted molar refractivity (Wildman–Crippen MR) is 90.8 cm³/mol. The zero-order valence-corrected chi connectivity index (χ0v) is 14.1. The fraction of sp³-hybridized carbons (Fsp3) is 0.438. The lowest BCUT2D eigenvalue weighted by atomic mass is 10.0. The zero-order valence-electron chi connectivity index (χ0n) is 13.3. The monoisotopic (exact) mass is 319 g/mol. The van der Waals surface area contributed by atoms with E-state index in [0.29, 0.717) is 27.2 Å². The molecule has 1 atom stereocenters. The van der Waals surface area contributed by atoms with Crippen molar-refractivity contribution in [3.05, 3.63) is 38.9 Å². The van der Waals surface area contributed by atoms with Crippen molar-refractivity contribution in [3.8, 4) is 0 Å². The molecule has 0 aliphatic heterocycles. The highest BCUT2D eigenvalue weighted by Crippen LogP contribution is 2.12. The number of carbonyl (C=O) groups excluding carboxylic acids is 1. The summed E-state index contributed by atoms with van der Waals surface area (Å²) < 4.78 is 1.71. The number of nitrogens with zero attached hydrogens (tertiary/aromatic N) is 1. The fourth-order valence-corrected chi connectivity index (χ4v) is 2.63. The Morgan fingerprint density at radius 1 is 1.41 bits per heavy atom. The highest BCUT2D eigenvalue weighted by molar-refractivity contribution is 7.71. The van der Waals surface area contributed by atoms with Gasteiger partial charge in [-0.05, 0) is 42.8 Å². The Morgan fingerprint density at radius 3 is 2.68 bits per heavy atom. The van der Waals surface area contributed by atoms with Gasteiger partial charge in [0, 0.05) is 18.7 Å². The van der Waals surface area contributed by atoms with Gasteiger partial charge < -0.3 is 10.3 Å².